The average molecular weight is 386 g/mol. The van der Waals surface area contributed by atoms with Gasteiger partial charge in [0.25, 0.3) is 5.78 Å². The Morgan fingerprint density at radius 2 is 1.69 bits per heavy atom. The van der Waals surface area contributed by atoms with Crippen molar-refractivity contribution in [1.82, 2.24) is 29.5 Å². The first-order valence-corrected chi connectivity index (χ1v) is 9.79. The lowest BCUT2D eigenvalue weighted by molar-refractivity contribution is 0.631. The Balaban J connectivity index is 1.30. The van der Waals surface area contributed by atoms with Gasteiger partial charge in [-0.3, -0.25) is 0 Å². The van der Waals surface area contributed by atoms with Crippen molar-refractivity contribution < 1.29 is 0 Å². The van der Waals surface area contributed by atoms with Crippen molar-refractivity contribution in [3.63, 3.8) is 0 Å². The fourth-order valence-corrected chi connectivity index (χ4v) is 3.73. The molecule has 0 atom stereocenters. The molecule has 1 saturated heterocycles. The molecule has 1 fully saturated rings. The maximum absolute atomic E-state index is 4.80. The minimum Gasteiger partial charge on any atom is -0.353 e. The molecule has 29 heavy (non-hydrogen) atoms. The lowest BCUT2D eigenvalue weighted by atomic mass is 10.1. The minimum atomic E-state index is 0.642. The fraction of sp³-hybridized carbons (Fsp3) is 0.286. The normalized spacial score (nSPS) is 14.5. The van der Waals surface area contributed by atoms with E-state index in [2.05, 4.69) is 48.0 Å². The standard InChI is InChI=1S/C21H22N8/c1-16-13-20(29-21(25-16)23-15-24-29)28-11-9-27(10-12-28)19-7-8-22-18(26-19)14-17-5-3-2-4-6-17/h2-8,13,15H,9-12,14H2,1H3. The monoisotopic (exact) mass is 386 g/mol. The molecule has 1 aliphatic rings. The molecule has 0 amide bonds. The van der Waals surface area contributed by atoms with E-state index >= 15 is 0 Å². The molecule has 5 rings (SSSR count). The van der Waals surface area contributed by atoms with Crippen molar-refractivity contribution >= 4 is 17.4 Å². The van der Waals surface area contributed by atoms with Crippen LogP contribution in [0.1, 0.15) is 17.1 Å². The van der Waals surface area contributed by atoms with Gasteiger partial charge in [0, 0.05) is 50.6 Å². The van der Waals surface area contributed by atoms with E-state index in [1.54, 1.807) is 6.33 Å². The minimum absolute atomic E-state index is 0.642. The lowest BCUT2D eigenvalue weighted by Crippen LogP contribution is -2.47. The predicted octanol–water partition coefficient (Wildman–Crippen LogP) is 2.14. The van der Waals surface area contributed by atoms with Crippen LogP contribution in [0.15, 0.2) is 55.0 Å². The number of hydrogen-bond acceptors (Lipinski definition) is 7. The summed E-state index contributed by atoms with van der Waals surface area (Å²) in [4.78, 5) is 22.6. The molecule has 8 nitrogen and oxygen atoms in total. The molecule has 146 valence electrons. The molecule has 4 heterocycles. The summed E-state index contributed by atoms with van der Waals surface area (Å²) in [7, 11) is 0. The van der Waals surface area contributed by atoms with Gasteiger partial charge in [0.05, 0.1) is 0 Å². The molecule has 0 N–H and O–H groups in total. The Hall–Kier alpha value is -3.55. The first-order chi connectivity index (χ1) is 14.3. The Bertz CT molecular complexity index is 1120. The second-order valence-electron chi connectivity index (χ2n) is 7.20. The van der Waals surface area contributed by atoms with E-state index in [1.165, 1.54) is 5.56 Å². The SMILES string of the molecule is Cc1cc(N2CCN(c3ccnc(Cc4ccccc4)n3)CC2)n2ncnc2n1. The highest BCUT2D eigenvalue weighted by Crippen LogP contribution is 2.20. The van der Waals surface area contributed by atoms with Crippen molar-refractivity contribution in [3.05, 3.63) is 72.1 Å². The van der Waals surface area contributed by atoms with Gasteiger partial charge in [-0.1, -0.05) is 30.3 Å². The first-order valence-electron chi connectivity index (χ1n) is 9.79. The predicted molar refractivity (Wildman–Crippen MR) is 111 cm³/mol. The van der Waals surface area contributed by atoms with Gasteiger partial charge in [-0.05, 0) is 18.6 Å². The maximum Gasteiger partial charge on any atom is 0.254 e. The lowest BCUT2D eigenvalue weighted by Gasteiger charge is -2.36. The summed E-state index contributed by atoms with van der Waals surface area (Å²) >= 11 is 0. The largest absolute Gasteiger partial charge is 0.353 e. The van der Waals surface area contributed by atoms with Gasteiger partial charge in [-0.15, -0.1) is 0 Å². The van der Waals surface area contributed by atoms with E-state index in [0.717, 1.165) is 55.8 Å². The highest BCUT2D eigenvalue weighted by atomic mass is 15.4. The van der Waals surface area contributed by atoms with Gasteiger partial charge in [0.2, 0.25) is 0 Å². The molecule has 4 aromatic rings. The molecule has 0 bridgehead atoms. The van der Waals surface area contributed by atoms with Crippen molar-refractivity contribution in [3.8, 4) is 0 Å². The average Bonchev–Trinajstić information content (AvgIpc) is 3.23. The molecule has 0 radical (unpaired) electrons. The van der Waals surface area contributed by atoms with E-state index in [9.17, 15) is 0 Å². The maximum atomic E-state index is 4.80. The van der Waals surface area contributed by atoms with Crippen LogP contribution in [-0.2, 0) is 6.42 Å². The third-order valence-electron chi connectivity index (χ3n) is 5.18. The first kappa shape index (κ1) is 17.5. The Morgan fingerprint density at radius 1 is 0.897 bits per heavy atom. The summed E-state index contributed by atoms with van der Waals surface area (Å²) in [6.45, 7) is 5.54. The van der Waals surface area contributed by atoms with Crippen LogP contribution in [0.25, 0.3) is 5.78 Å². The summed E-state index contributed by atoms with van der Waals surface area (Å²) in [6, 6.07) is 14.4. The number of aromatic nitrogens is 6. The zero-order valence-electron chi connectivity index (χ0n) is 16.3. The second-order valence-corrected chi connectivity index (χ2v) is 7.20. The smallest absolute Gasteiger partial charge is 0.254 e. The molecular weight excluding hydrogens is 364 g/mol. The summed E-state index contributed by atoms with van der Waals surface area (Å²) in [6.07, 6.45) is 4.16. The van der Waals surface area contributed by atoms with Crippen LogP contribution in [-0.4, -0.2) is 55.7 Å². The second kappa shape index (κ2) is 7.46. The van der Waals surface area contributed by atoms with Gasteiger partial charge in [-0.2, -0.15) is 14.6 Å². The third kappa shape index (κ3) is 3.61. The summed E-state index contributed by atoms with van der Waals surface area (Å²) < 4.78 is 1.81. The van der Waals surface area contributed by atoms with Gasteiger partial charge in [-0.25, -0.2) is 15.0 Å². The molecule has 0 spiro atoms. The number of fused-ring (bicyclic) bond motifs is 1. The van der Waals surface area contributed by atoms with Crippen molar-refractivity contribution in [2.24, 2.45) is 0 Å². The number of rotatable bonds is 4. The number of benzene rings is 1. The van der Waals surface area contributed by atoms with Gasteiger partial charge in [0.1, 0.15) is 23.8 Å². The van der Waals surface area contributed by atoms with Crippen LogP contribution < -0.4 is 9.80 Å². The summed E-state index contributed by atoms with van der Waals surface area (Å²) in [5, 5.41) is 4.33. The molecule has 0 aliphatic carbocycles. The highest BCUT2D eigenvalue weighted by molar-refractivity contribution is 5.49. The number of aryl methyl sites for hydroxylation is 1. The molecule has 0 unspecified atom stereocenters. The molecule has 1 aliphatic heterocycles. The van der Waals surface area contributed by atoms with Gasteiger partial charge < -0.3 is 9.80 Å². The fourth-order valence-electron chi connectivity index (χ4n) is 3.73. The Labute approximate surface area is 168 Å². The van der Waals surface area contributed by atoms with Crippen LogP contribution in [0, 0.1) is 6.92 Å². The molecular formula is C21H22N8. The zero-order chi connectivity index (χ0) is 19.6. The van der Waals surface area contributed by atoms with Crippen LogP contribution in [0.3, 0.4) is 0 Å². The molecule has 1 aromatic carbocycles. The molecule has 0 saturated carbocycles. The van der Waals surface area contributed by atoms with Crippen LogP contribution in [0.2, 0.25) is 0 Å². The van der Waals surface area contributed by atoms with E-state index < -0.39 is 0 Å². The number of nitrogens with zero attached hydrogens (tertiary/aromatic N) is 8. The van der Waals surface area contributed by atoms with Gasteiger partial charge >= 0.3 is 0 Å². The number of hydrogen-bond donors (Lipinski definition) is 0. The van der Waals surface area contributed by atoms with Crippen molar-refractivity contribution in [1.29, 1.82) is 0 Å². The number of piperazine rings is 1. The molecule has 8 heteroatoms. The topological polar surface area (TPSA) is 75.3 Å². The van der Waals surface area contributed by atoms with E-state index in [1.807, 2.05) is 41.9 Å². The Kier molecular flexibility index (Phi) is 4.51. The Morgan fingerprint density at radius 3 is 2.52 bits per heavy atom. The van der Waals surface area contributed by atoms with Crippen LogP contribution in [0.4, 0.5) is 11.6 Å². The third-order valence-corrected chi connectivity index (χ3v) is 5.18. The van der Waals surface area contributed by atoms with Crippen molar-refractivity contribution in [2.75, 3.05) is 36.0 Å². The summed E-state index contributed by atoms with van der Waals surface area (Å²) in [5.41, 5.74) is 2.17. The van der Waals surface area contributed by atoms with E-state index in [-0.39, 0.29) is 0 Å². The quantitative estimate of drug-likeness (QED) is 0.532. The molecule has 3 aromatic heterocycles. The zero-order valence-corrected chi connectivity index (χ0v) is 16.3. The van der Waals surface area contributed by atoms with Crippen LogP contribution in [0.5, 0.6) is 0 Å². The number of anilines is 2. The van der Waals surface area contributed by atoms with Crippen LogP contribution >= 0.6 is 0 Å². The van der Waals surface area contributed by atoms with E-state index in [4.69, 9.17) is 4.98 Å². The van der Waals surface area contributed by atoms with Gasteiger partial charge in [0.15, 0.2) is 0 Å². The van der Waals surface area contributed by atoms with E-state index in [0.29, 0.717) is 5.78 Å². The van der Waals surface area contributed by atoms with Crippen molar-refractivity contribution in [2.45, 2.75) is 13.3 Å². The summed E-state index contributed by atoms with van der Waals surface area (Å²) in [5.74, 6) is 3.52. The highest BCUT2D eigenvalue weighted by Gasteiger charge is 2.21.